The summed E-state index contributed by atoms with van der Waals surface area (Å²) in [6, 6.07) is 20.2. The fourth-order valence-electron chi connectivity index (χ4n) is 5.47. The van der Waals surface area contributed by atoms with Crippen LogP contribution < -0.4 is 26.9 Å². The lowest BCUT2D eigenvalue weighted by atomic mass is 10.2. The summed E-state index contributed by atoms with van der Waals surface area (Å²) < 4.78 is 58.1. The maximum absolute atomic E-state index is 12.9. The molecule has 0 bridgehead atoms. The molecule has 1 amide bonds. The number of nitrogens with one attached hydrogen (secondary N) is 2. The molecule has 3 aromatic rings. The average molecular weight is 676 g/mol. The molecule has 1 unspecified atom stereocenters. The number of halogens is 3. The lowest BCUT2D eigenvalue weighted by Gasteiger charge is -2.43. The fraction of sp³-hybridized carbons (Fsp3) is 0.406. The first-order chi connectivity index (χ1) is 21.8. The van der Waals surface area contributed by atoms with Gasteiger partial charge < -0.3 is 19.2 Å². The van der Waals surface area contributed by atoms with Crippen LogP contribution in [-0.2, 0) is 18.7 Å². The third kappa shape index (κ3) is 8.02. The van der Waals surface area contributed by atoms with Gasteiger partial charge in [0.05, 0.1) is 25.2 Å². The Morgan fingerprint density at radius 3 is 2.24 bits per heavy atom. The van der Waals surface area contributed by atoms with E-state index in [2.05, 4.69) is 61.9 Å². The first kappa shape index (κ1) is 35.2. The Kier molecular flexibility index (Phi) is 11.4. The van der Waals surface area contributed by atoms with Gasteiger partial charge in [0, 0.05) is 12.6 Å². The molecule has 1 aromatic heterocycles. The van der Waals surface area contributed by atoms with Crippen LogP contribution in [0, 0.1) is 11.8 Å². The molecule has 4 rings (SSSR count). The molecular formula is C32H36F3N3O6SSi. The molecule has 14 heteroatoms. The first-order valence-electron chi connectivity index (χ1n) is 14.5. The summed E-state index contributed by atoms with van der Waals surface area (Å²) in [5, 5.41) is 3.51. The van der Waals surface area contributed by atoms with E-state index in [1.54, 1.807) is 5.32 Å². The zero-order chi connectivity index (χ0) is 33.5. The monoisotopic (exact) mass is 675 g/mol. The van der Waals surface area contributed by atoms with Crippen molar-refractivity contribution in [2.75, 3.05) is 25.3 Å². The van der Waals surface area contributed by atoms with Crippen molar-refractivity contribution in [2.45, 2.75) is 56.8 Å². The fourth-order valence-corrected chi connectivity index (χ4v) is 10.4. The quantitative estimate of drug-likeness (QED) is 0.193. The van der Waals surface area contributed by atoms with E-state index in [0.717, 1.165) is 10.4 Å². The van der Waals surface area contributed by atoms with E-state index in [1.807, 2.05) is 42.7 Å². The maximum atomic E-state index is 12.9. The molecule has 1 saturated heterocycles. The Hall–Kier alpha value is -3.61. The standard InChI is InChI=1S/C32H36F3N3O6SSi/c1-31(2,3)46(23-13-7-5-8-14-23,24-15-9-6-10-16-24)43-20-26-25(42-21-45-4)18-27(44-26)38-19-22(28(39)37-30(38)41)12-11-17-36-29(40)32(33,34)35/h5-10,13-16,19,25-27H,17-18,20-21H2,1-4H3,(H,36,40)(H,37,39,41)/t25?,26-,27-/m1/s1. The maximum Gasteiger partial charge on any atom is 0.471 e. The largest absolute Gasteiger partial charge is 0.471 e. The van der Waals surface area contributed by atoms with Gasteiger partial charge in [-0.1, -0.05) is 93.3 Å². The number of hydrogen-bond donors (Lipinski definition) is 2. The smallest absolute Gasteiger partial charge is 0.405 e. The molecule has 0 spiro atoms. The van der Waals surface area contributed by atoms with Crippen molar-refractivity contribution in [3.63, 3.8) is 0 Å². The van der Waals surface area contributed by atoms with E-state index >= 15 is 0 Å². The summed E-state index contributed by atoms with van der Waals surface area (Å²) in [5.41, 5.74) is -1.75. The van der Waals surface area contributed by atoms with Gasteiger partial charge in [-0.25, -0.2) is 4.79 Å². The van der Waals surface area contributed by atoms with Crippen LogP contribution in [0.25, 0.3) is 0 Å². The summed E-state index contributed by atoms with van der Waals surface area (Å²) in [4.78, 5) is 38.5. The van der Waals surface area contributed by atoms with Crippen molar-refractivity contribution in [3.05, 3.63) is 93.3 Å². The highest BCUT2D eigenvalue weighted by Gasteiger charge is 2.51. The average Bonchev–Trinajstić information content (AvgIpc) is 3.41. The minimum atomic E-state index is -5.06. The number of carbonyl (C=O) groups is 1. The van der Waals surface area contributed by atoms with Gasteiger partial charge in [-0.3, -0.25) is 19.1 Å². The molecule has 246 valence electrons. The van der Waals surface area contributed by atoms with Crippen LogP contribution in [0.4, 0.5) is 13.2 Å². The number of hydrogen-bond acceptors (Lipinski definition) is 7. The summed E-state index contributed by atoms with van der Waals surface area (Å²) >= 11 is 1.49. The minimum absolute atomic E-state index is 0.159. The molecule has 0 aliphatic carbocycles. The molecule has 9 nitrogen and oxygen atoms in total. The van der Waals surface area contributed by atoms with Gasteiger partial charge in [-0.15, -0.1) is 11.8 Å². The van der Waals surface area contributed by atoms with E-state index in [1.165, 1.54) is 22.5 Å². The third-order valence-electron chi connectivity index (χ3n) is 7.56. The minimum Gasteiger partial charge on any atom is -0.405 e. The van der Waals surface area contributed by atoms with Gasteiger partial charge in [-0.05, 0) is 21.7 Å². The molecule has 1 aliphatic heterocycles. The third-order valence-corrected chi connectivity index (χ3v) is 12.9. The molecule has 2 aromatic carbocycles. The number of H-pyrrole nitrogens is 1. The Bertz CT molecular complexity index is 1630. The van der Waals surface area contributed by atoms with Gasteiger partial charge in [0.25, 0.3) is 13.9 Å². The molecular weight excluding hydrogens is 640 g/mol. The SMILES string of the molecule is CSCOC1C[C@H](n2cc(C#CCNC(=O)C(F)(F)F)c(=O)[nH]c2=O)O[C@@H]1CO[Si](c1ccccc1)(c1ccccc1)C(C)(C)C. The van der Waals surface area contributed by atoms with E-state index < -0.39 is 56.6 Å². The van der Waals surface area contributed by atoms with Crippen molar-refractivity contribution in [2.24, 2.45) is 0 Å². The zero-order valence-corrected chi connectivity index (χ0v) is 27.7. The Morgan fingerprint density at radius 2 is 1.70 bits per heavy atom. The second-order valence-electron chi connectivity index (χ2n) is 11.6. The van der Waals surface area contributed by atoms with Crippen LogP contribution in [0.3, 0.4) is 0 Å². The number of aromatic nitrogens is 2. The lowest BCUT2D eigenvalue weighted by Crippen LogP contribution is -2.67. The molecule has 1 aliphatic rings. The number of alkyl halides is 3. The molecule has 2 N–H and O–H groups in total. The number of aromatic amines is 1. The van der Waals surface area contributed by atoms with Gasteiger partial charge in [0.1, 0.15) is 17.9 Å². The van der Waals surface area contributed by atoms with Crippen molar-refractivity contribution in [3.8, 4) is 11.8 Å². The molecule has 2 heterocycles. The number of rotatable bonds is 10. The Balaban J connectivity index is 1.63. The highest BCUT2D eigenvalue weighted by molar-refractivity contribution is 7.98. The predicted octanol–water partition coefficient (Wildman–Crippen LogP) is 3.14. The van der Waals surface area contributed by atoms with Crippen molar-refractivity contribution in [1.29, 1.82) is 0 Å². The Morgan fingerprint density at radius 1 is 1.09 bits per heavy atom. The predicted molar refractivity (Wildman–Crippen MR) is 173 cm³/mol. The number of nitrogens with zero attached hydrogens (tertiary/aromatic N) is 1. The van der Waals surface area contributed by atoms with Crippen molar-refractivity contribution in [1.82, 2.24) is 14.9 Å². The van der Waals surface area contributed by atoms with Crippen LogP contribution in [0.5, 0.6) is 0 Å². The molecule has 46 heavy (non-hydrogen) atoms. The number of ether oxygens (including phenoxy) is 2. The van der Waals surface area contributed by atoms with Crippen LogP contribution >= 0.6 is 11.8 Å². The molecule has 0 radical (unpaired) electrons. The first-order valence-corrected chi connectivity index (χ1v) is 17.8. The van der Waals surface area contributed by atoms with E-state index in [0.29, 0.717) is 5.94 Å². The lowest BCUT2D eigenvalue weighted by molar-refractivity contribution is -0.173. The van der Waals surface area contributed by atoms with Crippen LogP contribution in [0.15, 0.2) is 76.4 Å². The van der Waals surface area contributed by atoms with E-state index in [-0.39, 0.29) is 23.6 Å². The highest BCUT2D eigenvalue weighted by Crippen LogP contribution is 2.38. The second-order valence-corrected chi connectivity index (χ2v) is 16.8. The van der Waals surface area contributed by atoms with Crippen LogP contribution in [0.2, 0.25) is 5.04 Å². The van der Waals surface area contributed by atoms with E-state index in [9.17, 15) is 27.6 Å². The van der Waals surface area contributed by atoms with Crippen LogP contribution in [-0.4, -0.2) is 67.5 Å². The summed E-state index contributed by atoms with van der Waals surface area (Å²) in [6.45, 7) is 6.00. The molecule has 0 saturated carbocycles. The van der Waals surface area contributed by atoms with Gasteiger partial charge in [0.15, 0.2) is 0 Å². The normalized spacial score (nSPS) is 18.5. The van der Waals surface area contributed by atoms with Crippen LogP contribution in [0.1, 0.15) is 39.0 Å². The summed E-state index contributed by atoms with van der Waals surface area (Å²) in [5.74, 6) is 2.95. The molecule has 3 atom stereocenters. The number of amides is 1. The van der Waals surface area contributed by atoms with Gasteiger partial charge in [0.2, 0.25) is 0 Å². The topological polar surface area (TPSA) is 112 Å². The zero-order valence-electron chi connectivity index (χ0n) is 25.9. The van der Waals surface area contributed by atoms with E-state index in [4.69, 9.17) is 13.9 Å². The number of benzene rings is 2. The van der Waals surface area contributed by atoms with Crippen molar-refractivity contribution < 1.29 is 31.9 Å². The van der Waals surface area contributed by atoms with Gasteiger partial charge >= 0.3 is 17.8 Å². The number of carbonyl (C=O) groups excluding carboxylic acids is 1. The van der Waals surface area contributed by atoms with Crippen molar-refractivity contribution >= 4 is 36.4 Å². The highest BCUT2D eigenvalue weighted by atomic mass is 32.2. The molecule has 1 fully saturated rings. The second kappa shape index (κ2) is 14.9. The summed E-state index contributed by atoms with van der Waals surface area (Å²) in [6.07, 6.45) is -3.59. The van der Waals surface area contributed by atoms with Gasteiger partial charge in [-0.2, -0.15) is 13.2 Å². The summed E-state index contributed by atoms with van der Waals surface area (Å²) in [7, 11) is -2.92. The number of thioether (sulfide) groups is 1. The Labute approximate surface area is 270 Å².